The molecule has 33 heavy (non-hydrogen) atoms. The van der Waals surface area contributed by atoms with Gasteiger partial charge >= 0.3 is 0 Å². The summed E-state index contributed by atoms with van der Waals surface area (Å²) in [7, 11) is 0. The van der Waals surface area contributed by atoms with Crippen LogP contribution in [0.25, 0.3) is 22.2 Å². The van der Waals surface area contributed by atoms with Crippen molar-refractivity contribution < 1.29 is 4.79 Å². The number of fused-ring (bicyclic) bond motifs is 1. The van der Waals surface area contributed by atoms with Gasteiger partial charge in [0.15, 0.2) is 5.82 Å². The Hall–Kier alpha value is -4.14. The van der Waals surface area contributed by atoms with Crippen LogP contribution in [0.4, 0.5) is 5.82 Å². The zero-order valence-corrected chi connectivity index (χ0v) is 18.0. The molecule has 0 atom stereocenters. The lowest BCUT2D eigenvalue weighted by Gasteiger charge is -2.35. The standard InChI is InChI=1S/C24H23N7O2/c32-23(9-11-31-17-26-21-6-2-1-5-19(21)24(31)33)30-14-12-29(13-15-30)22-8-7-20(27-28-22)18-4-3-10-25-16-18/h1-8,10,16-17H,9,11-15H2. The Bertz CT molecular complexity index is 1310. The number of hydrogen-bond donors (Lipinski definition) is 0. The zero-order valence-electron chi connectivity index (χ0n) is 18.0. The number of rotatable bonds is 5. The maximum atomic E-state index is 12.7. The predicted octanol–water partition coefficient (Wildman–Crippen LogP) is 1.99. The van der Waals surface area contributed by atoms with Crippen LogP contribution in [0.3, 0.4) is 0 Å². The van der Waals surface area contributed by atoms with Gasteiger partial charge in [-0.2, -0.15) is 0 Å². The Kier molecular flexibility index (Phi) is 5.75. The van der Waals surface area contributed by atoms with E-state index in [4.69, 9.17) is 0 Å². The first-order chi connectivity index (χ1) is 16.2. The molecule has 0 spiro atoms. The zero-order chi connectivity index (χ0) is 22.6. The number of aryl methyl sites for hydroxylation is 1. The molecule has 1 amide bonds. The fraction of sp³-hybridized carbons (Fsp3) is 0.250. The fourth-order valence-electron chi connectivity index (χ4n) is 3.99. The molecule has 1 saturated heterocycles. The Morgan fingerprint density at radius 1 is 0.939 bits per heavy atom. The van der Waals surface area contributed by atoms with E-state index < -0.39 is 0 Å². The second-order valence-corrected chi connectivity index (χ2v) is 7.90. The van der Waals surface area contributed by atoms with E-state index in [1.165, 1.54) is 10.9 Å². The van der Waals surface area contributed by atoms with Crippen LogP contribution in [0.15, 0.2) is 72.0 Å². The van der Waals surface area contributed by atoms with Gasteiger partial charge in [0.1, 0.15) is 0 Å². The molecule has 1 aliphatic heterocycles. The van der Waals surface area contributed by atoms with E-state index in [-0.39, 0.29) is 17.9 Å². The first-order valence-electron chi connectivity index (χ1n) is 10.9. The molecule has 166 valence electrons. The maximum Gasteiger partial charge on any atom is 0.261 e. The number of pyridine rings is 1. The molecule has 1 fully saturated rings. The van der Waals surface area contributed by atoms with Gasteiger partial charge in [0, 0.05) is 57.1 Å². The number of aromatic nitrogens is 5. The Morgan fingerprint density at radius 3 is 2.55 bits per heavy atom. The smallest absolute Gasteiger partial charge is 0.261 e. The topological polar surface area (TPSA) is 97.1 Å². The van der Waals surface area contributed by atoms with Crippen molar-refractivity contribution in [3.8, 4) is 11.3 Å². The normalized spacial score (nSPS) is 13.9. The summed E-state index contributed by atoms with van der Waals surface area (Å²) in [5.41, 5.74) is 2.25. The van der Waals surface area contributed by atoms with Crippen molar-refractivity contribution in [2.75, 3.05) is 31.1 Å². The number of para-hydroxylation sites is 1. The molecule has 0 aliphatic carbocycles. The number of benzene rings is 1. The third-order valence-electron chi connectivity index (χ3n) is 5.86. The van der Waals surface area contributed by atoms with Gasteiger partial charge < -0.3 is 9.80 Å². The number of nitrogens with zero attached hydrogens (tertiary/aromatic N) is 7. The van der Waals surface area contributed by atoms with Crippen LogP contribution in [-0.2, 0) is 11.3 Å². The minimum Gasteiger partial charge on any atom is -0.352 e. The van der Waals surface area contributed by atoms with Gasteiger partial charge in [-0.25, -0.2) is 4.98 Å². The summed E-state index contributed by atoms with van der Waals surface area (Å²) in [5, 5.41) is 9.25. The van der Waals surface area contributed by atoms with E-state index in [9.17, 15) is 9.59 Å². The Morgan fingerprint density at radius 2 is 1.79 bits per heavy atom. The molecule has 5 rings (SSSR count). The van der Waals surface area contributed by atoms with Crippen LogP contribution in [-0.4, -0.2) is 61.7 Å². The first kappa shape index (κ1) is 20.7. The summed E-state index contributed by atoms with van der Waals surface area (Å²) in [6.45, 7) is 2.90. The maximum absolute atomic E-state index is 12.7. The van der Waals surface area contributed by atoms with Gasteiger partial charge in [-0.1, -0.05) is 12.1 Å². The van der Waals surface area contributed by atoms with Crippen LogP contribution < -0.4 is 10.5 Å². The summed E-state index contributed by atoms with van der Waals surface area (Å²) < 4.78 is 1.51. The minimum absolute atomic E-state index is 0.0349. The van der Waals surface area contributed by atoms with E-state index in [2.05, 4.69) is 25.1 Å². The van der Waals surface area contributed by atoms with Crippen LogP contribution in [0, 0.1) is 0 Å². The first-order valence-corrected chi connectivity index (χ1v) is 10.9. The van der Waals surface area contributed by atoms with Gasteiger partial charge in [-0.3, -0.25) is 19.1 Å². The highest BCUT2D eigenvalue weighted by Crippen LogP contribution is 2.18. The number of piperazine rings is 1. The summed E-state index contributed by atoms with van der Waals surface area (Å²) in [4.78, 5) is 37.7. The van der Waals surface area contributed by atoms with E-state index in [0.717, 1.165) is 17.1 Å². The molecule has 1 aliphatic rings. The van der Waals surface area contributed by atoms with Gasteiger partial charge in [-0.05, 0) is 36.4 Å². The molecule has 0 radical (unpaired) electrons. The van der Waals surface area contributed by atoms with E-state index in [1.807, 2.05) is 47.4 Å². The summed E-state index contributed by atoms with van der Waals surface area (Å²) >= 11 is 0. The van der Waals surface area contributed by atoms with Gasteiger partial charge in [0.2, 0.25) is 5.91 Å². The third kappa shape index (κ3) is 4.43. The van der Waals surface area contributed by atoms with Gasteiger partial charge in [0.05, 0.1) is 22.9 Å². The van der Waals surface area contributed by atoms with Crippen molar-refractivity contribution in [3.63, 3.8) is 0 Å². The van der Waals surface area contributed by atoms with E-state index >= 15 is 0 Å². The van der Waals surface area contributed by atoms with Crippen molar-refractivity contribution in [1.29, 1.82) is 0 Å². The lowest BCUT2D eigenvalue weighted by atomic mass is 10.2. The Labute approximate surface area is 190 Å². The van der Waals surface area contributed by atoms with Gasteiger partial charge in [-0.15, -0.1) is 10.2 Å². The number of carbonyl (C=O) groups excluding carboxylic acids is 1. The lowest BCUT2D eigenvalue weighted by Crippen LogP contribution is -2.49. The molecule has 1 aromatic carbocycles. The number of anilines is 1. The van der Waals surface area contributed by atoms with Crippen LogP contribution in [0.1, 0.15) is 6.42 Å². The third-order valence-corrected chi connectivity index (χ3v) is 5.86. The molecule has 9 nitrogen and oxygen atoms in total. The molecule has 0 saturated carbocycles. The molecule has 0 N–H and O–H groups in total. The SMILES string of the molecule is O=C(CCn1cnc2ccccc2c1=O)N1CCN(c2ccc(-c3cccnc3)nn2)CC1. The molecular formula is C24H23N7O2. The average molecular weight is 441 g/mol. The summed E-state index contributed by atoms with van der Waals surface area (Å²) in [6, 6.07) is 14.9. The van der Waals surface area contributed by atoms with Crippen molar-refractivity contribution in [3.05, 3.63) is 77.6 Å². The quantitative estimate of drug-likeness (QED) is 0.467. The average Bonchev–Trinajstić information content (AvgIpc) is 2.89. The molecule has 4 aromatic rings. The molecular weight excluding hydrogens is 418 g/mol. The van der Waals surface area contributed by atoms with E-state index in [0.29, 0.717) is 43.6 Å². The highest BCUT2D eigenvalue weighted by molar-refractivity contribution is 5.78. The summed E-state index contributed by atoms with van der Waals surface area (Å²) in [6.07, 6.45) is 5.27. The largest absolute Gasteiger partial charge is 0.352 e. The highest BCUT2D eigenvalue weighted by Gasteiger charge is 2.22. The van der Waals surface area contributed by atoms with E-state index in [1.54, 1.807) is 18.5 Å². The monoisotopic (exact) mass is 441 g/mol. The van der Waals surface area contributed by atoms with Crippen molar-refractivity contribution in [2.45, 2.75) is 13.0 Å². The number of hydrogen-bond acceptors (Lipinski definition) is 7. The minimum atomic E-state index is -0.119. The van der Waals surface area contributed by atoms with Crippen LogP contribution >= 0.6 is 0 Å². The molecule has 0 unspecified atom stereocenters. The molecule has 9 heteroatoms. The fourth-order valence-corrected chi connectivity index (χ4v) is 3.99. The second kappa shape index (κ2) is 9.15. The van der Waals surface area contributed by atoms with Crippen molar-refractivity contribution in [1.82, 2.24) is 29.6 Å². The van der Waals surface area contributed by atoms with Crippen molar-refractivity contribution >= 4 is 22.6 Å². The highest BCUT2D eigenvalue weighted by atomic mass is 16.2. The lowest BCUT2D eigenvalue weighted by molar-refractivity contribution is -0.131. The van der Waals surface area contributed by atoms with Crippen LogP contribution in [0.2, 0.25) is 0 Å². The van der Waals surface area contributed by atoms with Crippen molar-refractivity contribution in [2.24, 2.45) is 0 Å². The molecule has 4 heterocycles. The number of amides is 1. The Balaban J connectivity index is 1.16. The summed E-state index contributed by atoms with van der Waals surface area (Å²) in [5.74, 6) is 0.830. The predicted molar refractivity (Wildman–Crippen MR) is 125 cm³/mol. The molecule has 3 aromatic heterocycles. The van der Waals surface area contributed by atoms with Gasteiger partial charge in [0.25, 0.3) is 5.56 Å². The second-order valence-electron chi connectivity index (χ2n) is 7.90. The van der Waals surface area contributed by atoms with Crippen LogP contribution in [0.5, 0.6) is 0 Å². The number of carbonyl (C=O) groups is 1. The molecule has 0 bridgehead atoms.